The molecule has 146 valence electrons. The van der Waals surface area contributed by atoms with Crippen LogP contribution >= 0.6 is 27.3 Å². The van der Waals surface area contributed by atoms with E-state index in [0.717, 1.165) is 27.9 Å². The molecule has 0 aliphatic carbocycles. The Hall–Kier alpha value is -2.18. The van der Waals surface area contributed by atoms with Crippen molar-refractivity contribution in [1.29, 1.82) is 0 Å². The van der Waals surface area contributed by atoms with E-state index < -0.39 is 0 Å². The molecule has 3 aromatic rings. The highest BCUT2D eigenvalue weighted by atomic mass is 79.9. The molecule has 0 aliphatic rings. The van der Waals surface area contributed by atoms with E-state index in [-0.39, 0.29) is 5.91 Å². The second kappa shape index (κ2) is 9.85. The lowest BCUT2D eigenvalue weighted by Gasteiger charge is -2.06. The molecule has 0 saturated carbocycles. The third kappa shape index (κ3) is 5.66. The first-order valence-electron chi connectivity index (χ1n) is 9.30. The molecular formula is C22H23BrN2O2S. The molecule has 0 saturated heterocycles. The molecule has 1 heterocycles. The predicted octanol–water partition coefficient (Wildman–Crippen LogP) is 6.24. The van der Waals surface area contributed by atoms with Crippen LogP contribution in [-0.2, 0) is 11.2 Å². The van der Waals surface area contributed by atoms with Crippen LogP contribution in [0, 0.1) is 6.92 Å². The summed E-state index contributed by atoms with van der Waals surface area (Å²) in [6.45, 7) is 4.65. The van der Waals surface area contributed by atoms with Gasteiger partial charge in [-0.05, 0) is 44.0 Å². The highest BCUT2D eigenvalue weighted by molar-refractivity contribution is 9.10. The van der Waals surface area contributed by atoms with Gasteiger partial charge in [-0.1, -0.05) is 52.7 Å². The number of carbonyl (C=O) groups excluding carboxylic acids is 1. The van der Waals surface area contributed by atoms with Gasteiger partial charge in [-0.2, -0.15) is 0 Å². The molecule has 1 N–H and O–H groups in total. The van der Waals surface area contributed by atoms with Gasteiger partial charge in [0.15, 0.2) is 5.13 Å². The van der Waals surface area contributed by atoms with Gasteiger partial charge in [-0.25, -0.2) is 4.98 Å². The molecule has 1 amide bonds. The number of nitrogens with zero attached hydrogens (tertiary/aromatic N) is 1. The van der Waals surface area contributed by atoms with E-state index in [0.29, 0.717) is 24.6 Å². The van der Waals surface area contributed by atoms with Gasteiger partial charge in [0, 0.05) is 21.3 Å². The molecule has 28 heavy (non-hydrogen) atoms. The van der Waals surface area contributed by atoms with Gasteiger partial charge in [0.05, 0.1) is 12.3 Å². The molecule has 0 radical (unpaired) electrons. The number of hydrogen-bond donors (Lipinski definition) is 1. The van der Waals surface area contributed by atoms with Gasteiger partial charge < -0.3 is 10.1 Å². The van der Waals surface area contributed by atoms with Crippen molar-refractivity contribution < 1.29 is 9.53 Å². The monoisotopic (exact) mass is 458 g/mol. The number of hydrogen-bond acceptors (Lipinski definition) is 4. The number of halogens is 1. The third-order valence-corrected chi connectivity index (χ3v) is 5.86. The van der Waals surface area contributed by atoms with Crippen LogP contribution in [0.1, 0.15) is 30.2 Å². The second-order valence-corrected chi connectivity index (χ2v) is 8.46. The molecule has 0 atom stereocenters. The maximum Gasteiger partial charge on any atom is 0.226 e. The van der Waals surface area contributed by atoms with Crippen LogP contribution in [0.5, 0.6) is 5.75 Å². The molecule has 6 heteroatoms. The van der Waals surface area contributed by atoms with Crippen molar-refractivity contribution in [3.63, 3.8) is 0 Å². The zero-order valence-electron chi connectivity index (χ0n) is 16.0. The summed E-state index contributed by atoms with van der Waals surface area (Å²) in [7, 11) is 0. The average Bonchev–Trinajstić information content (AvgIpc) is 3.10. The fraction of sp³-hybridized carbons (Fsp3) is 0.273. The summed E-state index contributed by atoms with van der Waals surface area (Å²) in [6.07, 6.45) is 1.94. The Morgan fingerprint density at radius 3 is 2.54 bits per heavy atom. The van der Waals surface area contributed by atoms with Crippen LogP contribution in [0.4, 0.5) is 5.13 Å². The molecule has 0 aliphatic heterocycles. The van der Waals surface area contributed by atoms with Crippen molar-refractivity contribution >= 4 is 38.3 Å². The average molecular weight is 459 g/mol. The summed E-state index contributed by atoms with van der Waals surface area (Å²) < 4.78 is 6.71. The van der Waals surface area contributed by atoms with Crippen LogP contribution in [0.15, 0.2) is 53.0 Å². The lowest BCUT2D eigenvalue weighted by Crippen LogP contribution is -2.12. The van der Waals surface area contributed by atoms with E-state index in [1.807, 2.05) is 55.5 Å². The lowest BCUT2D eigenvalue weighted by atomic mass is 10.1. The number of aromatic nitrogens is 1. The molecule has 4 nitrogen and oxygen atoms in total. The summed E-state index contributed by atoms with van der Waals surface area (Å²) in [5, 5.41) is 3.58. The van der Waals surface area contributed by atoms with Crippen LogP contribution in [0.3, 0.4) is 0 Å². The number of nitrogens with one attached hydrogen (secondary N) is 1. The highest BCUT2D eigenvalue weighted by Crippen LogP contribution is 2.32. The van der Waals surface area contributed by atoms with Gasteiger partial charge in [0.25, 0.3) is 0 Å². The Labute approximate surface area is 178 Å². The Morgan fingerprint density at radius 1 is 1.14 bits per heavy atom. The number of ether oxygens (including phenoxy) is 1. The van der Waals surface area contributed by atoms with E-state index in [2.05, 4.69) is 33.2 Å². The van der Waals surface area contributed by atoms with Crippen LogP contribution in [-0.4, -0.2) is 17.5 Å². The first-order chi connectivity index (χ1) is 13.5. The van der Waals surface area contributed by atoms with Gasteiger partial charge in [-0.3, -0.25) is 4.79 Å². The van der Waals surface area contributed by atoms with Gasteiger partial charge in [-0.15, -0.1) is 11.3 Å². The Kier molecular flexibility index (Phi) is 7.23. The Morgan fingerprint density at radius 2 is 1.86 bits per heavy atom. The van der Waals surface area contributed by atoms with Crippen LogP contribution in [0.25, 0.3) is 11.3 Å². The third-order valence-electron chi connectivity index (χ3n) is 4.22. The zero-order valence-corrected chi connectivity index (χ0v) is 18.4. The van der Waals surface area contributed by atoms with Gasteiger partial charge >= 0.3 is 0 Å². The smallest absolute Gasteiger partial charge is 0.226 e. The van der Waals surface area contributed by atoms with Gasteiger partial charge in [0.1, 0.15) is 5.75 Å². The normalized spacial score (nSPS) is 10.7. The summed E-state index contributed by atoms with van der Waals surface area (Å²) in [5.74, 6) is 0.795. The number of benzene rings is 2. The topological polar surface area (TPSA) is 51.2 Å². The summed E-state index contributed by atoms with van der Waals surface area (Å²) in [6, 6.07) is 16.0. The van der Waals surface area contributed by atoms with Crippen molar-refractivity contribution in [3.05, 3.63) is 63.4 Å². The highest BCUT2D eigenvalue weighted by Gasteiger charge is 2.13. The van der Waals surface area contributed by atoms with Gasteiger partial charge in [0.2, 0.25) is 5.91 Å². The summed E-state index contributed by atoms with van der Waals surface area (Å²) in [4.78, 5) is 18.1. The first-order valence-corrected chi connectivity index (χ1v) is 10.9. The maximum absolute atomic E-state index is 12.3. The van der Waals surface area contributed by atoms with Crippen molar-refractivity contribution in [2.24, 2.45) is 0 Å². The minimum atomic E-state index is -0.0359. The molecular weight excluding hydrogens is 436 g/mol. The number of anilines is 1. The van der Waals surface area contributed by atoms with E-state index in [4.69, 9.17) is 4.74 Å². The lowest BCUT2D eigenvalue weighted by molar-refractivity contribution is -0.116. The predicted molar refractivity (Wildman–Crippen MR) is 119 cm³/mol. The Balaban J connectivity index is 1.52. The van der Waals surface area contributed by atoms with Crippen LogP contribution < -0.4 is 10.1 Å². The number of rotatable bonds is 8. The van der Waals surface area contributed by atoms with Crippen LogP contribution in [0.2, 0.25) is 0 Å². The first kappa shape index (κ1) is 20.6. The van der Waals surface area contributed by atoms with E-state index in [1.54, 1.807) is 0 Å². The van der Waals surface area contributed by atoms with Crippen molar-refractivity contribution in [3.8, 4) is 17.0 Å². The van der Waals surface area contributed by atoms with E-state index in [9.17, 15) is 4.79 Å². The number of aryl methyl sites for hydroxylation is 2. The molecule has 2 aromatic carbocycles. The quantitative estimate of drug-likeness (QED) is 0.406. The maximum atomic E-state index is 12.3. The van der Waals surface area contributed by atoms with Crippen molar-refractivity contribution in [1.82, 2.24) is 4.98 Å². The minimum absolute atomic E-state index is 0.0359. The number of thiazole rings is 1. The van der Waals surface area contributed by atoms with Crippen molar-refractivity contribution in [2.45, 2.75) is 33.1 Å². The van der Waals surface area contributed by atoms with E-state index in [1.165, 1.54) is 21.8 Å². The summed E-state index contributed by atoms with van der Waals surface area (Å²) >= 11 is 4.99. The van der Waals surface area contributed by atoms with Crippen molar-refractivity contribution in [2.75, 3.05) is 11.9 Å². The molecule has 0 fully saturated rings. The molecule has 0 unspecified atom stereocenters. The molecule has 3 rings (SSSR count). The van der Waals surface area contributed by atoms with E-state index >= 15 is 0 Å². The fourth-order valence-corrected chi connectivity index (χ4v) is 3.92. The Bertz CT molecular complexity index is 921. The largest absolute Gasteiger partial charge is 0.494 e. The SMILES string of the molecule is CCc1sc(NC(=O)CCCOc2ccc(C)cc2)nc1-c1ccc(Br)cc1. The summed E-state index contributed by atoms with van der Waals surface area (Å²) in [5.41, 5.74) is 3.20. The molecule has 0 bridgehead atoms. The molecule has 0 spiro atoms. The second-order valence-electron chi connectivity index (χ2n) is 6.46. The number of amides is 1. The standard InChI is InChI=1S/C22H23BrN2O2S/c1-3-19-21(16-8-10-17(23)11-9-16)25-22(28-19)24-20(26)5-4-14-27-18-12-6-15(2)7-13-18/h6-13H,3-5,14H2,1-2H3,(H,24,25,26). The molecule has 1 aromatic heterocycles. The fourth-order valence-electron chi connectivity index (χ4n) is 2.72. The zero-order chi connectivity index (χ0) is 19.9. The minimum Gasteiger partial charge on any atom is -0.494 e. The number of carbonyl (C=O) groups is 1.